The topological polar surface area (TPSA) is 3.24 Å². The smallest absolute Gasteiger partial charge is 0.0713 e. The molecule has 11 aromatic carbocycles. The van der Waals surface area contributed by atoms with Crippen molar-refractivity contribution >= 4 is 60.3 Å². The van der Waals surface area contributed by atoms with Crippen LogP contribution in [-0.4, -0.2) is 0 Å². The van der Waals surface area contributed by atoms with Gasteiger partial charge in [0.05, 0.1) is 5.41 Å². The Labute approximate surface area is 435 Å². The Morgan fingerprint density at radius 3 is 1.53 bits per heavy atom. The molecule has 346 valence electrons. The minimum atomic E-state index is -0.486. The molecule has 0 amide bonds. The van der Waals surface area contributed by atoms with Crippen molar-refractivity contribution in [2.24, 2.45) is 0 Å². The standard InChI is InChI=1S/C70H49NS2/c1-69(2)63-36-11-13-38-66(63)72-67-40-39-49(45-64(67)69)48-21-16-27-54(43-48)71(55-28-17-22-50(44-55)56-32-18-33-60-59-31-8-12-37-65(59)73-68(56)60)53-26-15-20-47(42-53)46-19-14-25-52(41-46)70(51-23-4-3-5-24-51)61-34-9-6-29-57(61)58-30-7-10-35-62(58)70/h3-45H,1-2H3. The first-order chi connectivity index (χ1) is 35.9. The number of rotatable bonds is 8. The van der Waals surface area contributed by atoms with Gasteiger partial charge in [-0.3, -0.25) is 0 Å². The lowest BCUT2D eigenvalue weighted by Gasteiger charge is -2.35. The van der Waals surface area contributed by atoms with Gasteiger partial charge < -0.3 is 4.90 Å². The normalized spacial score (nSPS) is 13.8. The highest BCUT2D eigenvalue weighted by atomic mass is 32.2. The van der Waals surface area contributed by atoms with E-state index in [2.05, 4.69) is 280 Å². The molecular weight excluding hydrogens is 919 g/mol. The fraction of sp³-hybridized carbons (Fsp3) is 0.0571. The summed E-state index contributed by atoms with van der Waals surface area (Å²) in [5.74, 6) is 0. The summed E-state index contributed by atoms with van der Waals surface area (Å²) in [7, 11) is 0. The Morgan fingerprint density at radius 2 is 0.822 bits per heavy atom. The Hall–Kier alpha value is -8.21. The van der Waals surface area contributed by atoms with Gasteiger partial charge in [-0.15, -0.1) is 11.3 Å². The van der Waals surface area contributed by atoms with E-state index in [0.29, 0.717) is 0 Å². The summed E-state index contributed by atoms with van der Waals surface area (Å²) in [5, 5.41) is 2.61. The molecule has 0 spiro atoms. The van der Waals surface area contributed by atoms with Crippen LogP contribution in [0.1, 0.15) is 47.2 Å². The zero-order valence-electron chi connectivity index (χ0n) is 40.6. The molecule has 0 saturated carbocycles. The Bertz CT molecular complexity index is 4080. The van der Waals surface area contributed by atoms with Crippen LogP contribution < -0.4 is 4.90 Å². The predicted octanol–water partition coefficient (Wildman–Crippen LogP) is 19.7. The highest BCUT2D eigenvalue weighted by molar-refractivity contribution is 7.99. The van der Waals surface area contributed by atoms with Crippen LogP contribution in [0.4, 0.5) is 17.1 Å². The highest BCUT2D eigenvalue weighted by Gasteiger charge is 2.46. The molecule has 0 saturated heterocycles. The lowest BCUT2D eigenvalue weighted by molar-refractivity contribution is 0.607. The van der Waals surface area contributed by atoms with Crippen LogP contribution in [0, 0.1) is 0 Å². The molecule has 0 bridgehead atoms. The van der Waals surface area contributed by atoms with E-state index in [-0.39, 0.29) is 5.41 Å². The fourth-order valence-corrected chi connectivity index (χ4v) is 14.8. The molecule has 3 heteroatoms. The van der Waals surface area contributed by atoms with E-state index in [1.165, 1.54) is 102 Å². The Kier molecular flexibility index (Phi) is 10.3. The summed E-state index contributed by atoms with van der Waals surface area (Å²) < 4.78 is 2.62. The van der Waals surface area contributed by atoms with E-state index < -0.39 is 5.41 Å². The average Bonchev–Trinajstić information content (AvgIpc) is 3.98. The van der Waals surface area contributed by atoms with Crippen molar-refractivity contribution in [3.8, 4) is 44.5 Å². The predicted molar refractivity (Wildman–Crippen MR) is 310 cm³/mol. The maximum Gasteiger partial charge on any atom is 0.0713 e. The summed E-state index contributed by atoms with van der Waals surface area (Å²) in [6.45, 7) is 4.74. The molecule has 0 unspecified atom stereocenters. The van der Waals surface area contributed by atoms with Crippen LogP contribution >= 0.6 is 23.1 Å². The molecule has 0 atom stereocenters. The molecule has 1 aliphatic heterocycles. The van der Waals surface area contributed by atoms with Gasteiger partial charge in [-0.05, 0) is 145 Å². The number of benzene rings is 11. The van der Waals surface area contributed by atoms with Gasteiger partial charge in [0, 0.05) is 52.4 Å². The third-order valence-corrected chi connectivity index (χ3v) is 18.0. The van der Waals surface area contributed by atoms with E-state index in [1.54, 1.807) is 0 Å². The zero-order chi connectivity index (χ0) is 48.7. The van der Waals surface area contributed by atoms with Gasteiger partial charge in [0.2, 0.25) is 0 Å². The van der Waals surface area contributed by atoms with Gasteiger partial charge in [-0.1, -0.05) is 220 Å². The Balaban J connectivity index is 0.923. The van der Waals surface area contributed by atoms with Crippen LogP contribution in [0.15, 0.2) is 271 Å². The lowest BCUT2D eigenvalue weighted by atomic mass is 9.67. The van der Waals surface area contributed by atoms with Gasteiger partial charge in [-0.25, -0.2) is 0 Å². The molecule has 73 heavy (non-hydrogen) atoms. The summed E-state index contributed by atoms with van der Waals surface area (Å²) in [4.78, 5) is 5.12. The molecule has 2 aliphatic rings. The van der Waals surface area contributed by atoms with Crippen molar-refractivity contribution < 1.29 is 0 Å². The van der Waals surface area contributed by atoms with E-state index >= 15 is 0 Å². The van der Waals surface area contributed by atoms with Crippen molar-refractivity contribution in [2.75, 3.05) is 4.90 Å². The van der Waals surface area contributed by atoms with Crippen molar-refractivity contribution in [3.63, 3.8) is 0 Å². The van der Waals surface area contributed by atoms with Gasteiger partial charge in [0.1, 0.15) is 0 Å². The maximum absolute atomic E-state index is 2.45. The van der Waals surface area contributed by atoms with Crippen molar-refractivity contribution in [1.29, 1.82) is 0 Å². The van der Waals surface area contributed by atoms with Gasteiger partial charge in [0.15, 0.2) is 0 Å². The molecule has 1 aliphatic carbocycles. The summed E-state index contributed by atoms with van der Waals surface area (Å²) in [6.07, 6.45) is 0. The third kappa shape index (κ3) is 6.98. The van der Waals surface area contributed by atoms with Crippen LogP contribution in [0.5, 0.6) is 0 Å². The first-order valence-corrected chi connectivity index (χ1v) is 26.9. The molecule has 1 nitrogen and oxygen atoms in total. The minimum absolute atomic E-state index is 0.127. The average molecular weight is 968 g/mol. The third-order valence-electron chi connectivity index (χ3n) is 15.6. The van der Waals surface area contributed by atoms with Crippen molar-refractivity contribution in [1.82, 2.24) is 0 Å². The second-order valence-electron chi connectivity index (χ2n) is 20.0. The first kappa shape index (κ1) is 43.6. The molecule has 2 heterocycles. The van der Waals surface area contributed by atoms with Gasteiger partial charge >= 0.3 is 0 Å². The largest absolute Gasteiger partial charge is 0.310 e. The maximum atomic E-state index is 2.45. The summed E-state index contributed by atoms with van der Waals surface area (Å²) >= 11 is 3.77. The number of anilines is 3. The number of hydrogen-bond donors (Lipinski definition) is 0. The van der Waals surface area contributed by atoms with Crippen molar-refractivity contribution in [2.45, 2.75) is 34.5 Å². The quantitative estimate of drug-likeness (QED) is 0.149. The van der Waals surface area contributed by atoms with E-state index in [9.17, 15) is 0 Å². The molecule has 14 rings (SSSR count). The van der Waals surface area contributed by atoms with Crippen molar-refractivity contribution in [3.05, 3.63) is 294 Å². The van der Waals surface area contributed by atoms with Gasteiger partial charge in [0.25, 0.3) is 0 Å². The molecular formula is C70H49NS2. The summed E-state index contributed by atoms with van der Waals surface area (Å²) in [5.41, 5.74) is 20.3. The van der Waals surface area contributed by atoms with E-state index in [1.807, 2.05) is 23.1 Å². The number of hydrogen-bond acceptors (Lipinski definition) is 3. The fourth-order valence-electron chi connectivity index (χ4n) is 12.1. The minimum Gasteiger partial charge on any atom is -0.310 e. The van der Waals surface area contributed by atoms with E-state index in [4.69, 9.17) is 0 Å². The van der Waals surface area contributed by atoms with E-state index in [0.717, 1.165) is 22.6 Å². The lowest BCUT2D eigenvalue weighted by Crippen LogP contribution is -2.28. The molecule has 1 aromatic heterocycles. The monoisotopic (exact) mass is 967 g/mol. The van der Waals surface area contributed by atoms with Crippen LogP contribution in [0.3, 0.4) is 0 Å². The number of nitrogens with zero attached hydrogens (tertiary/aromatic N) is 1. The second-order valence-corrected chi connectivity index (χ2v) is 22.1. The van der Waals surface area contributed by atoms with Gasteiger partial charge in [-0.2, -0.15) is 0 Å². The number of thiophene rings is 1. The molecule has 0 fully saturated rings. The highest BCUT2D eigenvalue weighted by Crippen LogP contribution is 2.57. The zero-order valence-corrected chi connectivity index (χ0v) is 42.2. The first-order valence-electron chi connectivity index (χ1n) is 25.2. The SMILES string of the molecule is CC1(C)c2ccccc2Sc2ccc(-c3cccc(N(c4cccc(-c5cccc(C6(c7ccccc7)c7ccccc7-c7ccccc76)c5)c4)c4cccc(-c5cccc6c5sc5ccccc56)c4)c3)cc21. The molecule has 12 aromatic rings. The van der Waals surface area contributed by atoms with Crippen LogP contribution in [-0.2, 0) is 10.8 Å². The Morgan fingerprint density at radius 1 is 0.329 bits per heavy atom. The molecule has 0 radical (unpaired) electrons. The van der Waals surface area contributed by atoms with Crippen LogP contribution in [0.2, 0.25) is 0 Å². The second kappa shape index (κ2) is 17.2. The molecule has 0 N–H and O–H groups in total. The van der Waals surface area contributed by atoms with Crippen LogP contribution in [0.25, 0.3) is 64.7 Å². The number of fused-ring (bicyclic) bond motifs is 8. The summed E-state index contributed by atoms with van der Waals surface area (Å²) in [6, 6.07) is 97.3.